The molecule has 1 aromatic heterocycles. The molecule has 6 nitrogen and oxygen atoms in total. The average Bonchev–Trinajstić information content (AvgIpc) is 3.22. The van der Waals surface area contributed by atoms with E-state index < -0.39 is 15.5 Å². The summed E-state index contributed by atoms with van der Waals surface area (Å²) in [4.78, 5) is 4.63. The van der Waals surface area contributed by atoms with Crippen molar-refractivity contribution >= 4 is 32.3 Å². The van der Waals surface area contributed by atoms with Crippen LogP contribution in [0.2, 0.25) is 0 Å². The summed E-state index contributed by atoms with van der Waals surface area (Å²) < 4.78 is 33.0. The molecule has 0 aliphatic heterocycles. The molecule has 2 unspecified atom stereocenters. The Bertz CT molecular complexity index is 1040. The molecule has 8 heteroatoms. The quantitative estimate of drug-likeness (QED) is 0.546. The van der Waals surface area contributed by atoms with Gasteiger partial charge in [-0.2, -0.15) is 13.5 Å². The Balaban J connectivity index is 1.61. The normalized spacial score (nSPS) is 27.4. The smallest absolute Gasteiger partial charge is 0.265 e. The van der Waals surface area contributed by atoms with Gasteiger partial charge in [0.1, 0.15) is 0 Å². The number of fused-ring (bicyclic) bond motifs is 2. The molecular weight excluding hydrogens is 394 g/mol. The van der Waals surface area contributed by atoms with E-state index >= 15 is 0 Å². The van der Waals surface area contributed by atoms with Gasteiger partial charge in [-0.15, -0.1) is 11.3 Å². The zero-order valence-electron chi connectivity index (χ0n) is 16.3. The number of aromatic nitrogens is 1. The zero-order chi connectivity index (χ0) is 20.2. The maximum absolute atomic E-state index is 11.7. The maximum Gasteiger partial charge on any atom is 0.265 e. The Labute approximate surface area is 169 Å². The molecule has 1 heterocycles. The first-order chi connectivity index (χ1) is 13.1. The molecule has 2 aliphatic carbocycles. The molecule has 0 radical (unpaired) electrons. The summed E-state index contributed by atoms with van der Waals surface area (Å²) in [7, 11) is -4.10. The summed E-state index contributed by atoms with van der Waals surface area (Å²) in [5, 5.41) is 7.26. The third-order valence-corrected chi connectivity index (χ3v) is 8.41. The third kappa shape index (κ3) is 3.17. The van der Waals surface area contributed by atoms with Crippen LogP contribution >= 0.6 is 11.3 Å². The lowest BCUT2D eigenvalue weighted by Crippen LogP contribution is -2.42. The molecule has 150 valence electrons. The van der Waals surface area contributed by atoms with Crippen LogP contribution in [0.4, 0.5) is 5.13 Å². The van der Waals surface area contributed by atoms with Gasteiger partial charge in [-0.3, -0.25) is 9.98 Å². The average molecular weight is 420 g/mol. The molecule has 0 saturated heterocycles. The van der Waals surface area contributed by atoms with Crippen LogP contribution in [-0.2, 0) is 10.1 Å². The van der Waals surface area contributed by atoms with Crippen LogP contribution < -0.4 is 5.43 Å². The van der Waals surface area contributed by atoms with Crippen LogP contribution in [0.3, 0.4) is 0 Å². The largest absolute Gasteiger partial charge is 0.286 e. The molecule has 2 atom stereocenters. The Morgan fingerprint density at radius 1 is 1.36 bits per heavy atom. The molecule has 2 aromatic rings. The van der Waals surface area contributed by atoms with Crippen LogP contribution in [0.1, 0.15) is 38.7 Å². The van der Waals surface area contributed by atoms with Crippen molar-refractivity contribution in [3.8, 4) is 11.3 Å². The minimum Gasteiger partial charge on any atom is -0.286 e. The number of hydrazone groups is 1. The molecule has 2 N–H and O–H groups in total. The molecular formula is C20H25N3O3S2. The van der Waals surface area contributed by atoms with Crippen LogP contribution in [0.15, 0.2) is 34.7 Å². The monoisotopic (exact) mass is 419 g/mol. The van der Waals surface area contributed by atoms with Gasteiger partial charge in [-0.05, 0) is 43.1 Å². The highest BCUT2D eigenvalue weighted by molar-refractivity contribution is 7.85. The van der Waals surface area contributed by atoms with E-state index in [1.807, 2.05) is 23.6 Å². The van der Waals surface area contributed by atoms with Gasteiger partial charge in [0.15, 0.2) is 0 Å². The summed E-state index contributed by atoms with van der Waals surface area (Å²) in [6, 6.07) is 8.09. The van der Waals surface area contributed by atoms with E-state index in [0.717, 1.165) is 41.8 Å². The van der Waals surface area contributed by atoms with Gasteiger partial charge in [0.2, 0.25) is 5.13 Å². The lowest BCUT2D eigenvalue weighted by molar-refractivity contribution is 0.193. The topological polar surface area (TPSA) is 91.7 Å². The Hall–Kier alpha value is -1.77. The second kappa shape index (κ2) is 6.64. The maximum atomic E-state index is 11.7. The van der Waals surface area contributed by atoms with Crippen LogP contribution in [-0.4, -0.2) is 29.4 Å². The highest BCUT2D eigenvalue weighted by Crippen LogP contribution is 2.64. The second-order valence-corrected chi connectivity index (χ2v) is 10.8. The molecule has 2 fully saturated rings. The Morgan fingerprint density at radius 2 is 2.11 bits per heavy atom. The van der Waals surface area contributed by atoms with Gasteiger partial charge in [0.25, 0.3) is 10.1 Å². The first kappa shape index (κ1) is 19.5. The van der Waals surface area contributed by atoms with Gasteiger partial charge < -0.3 is 0 Å². The summed E-state index contributed by atoms with van der Waals surface area (Å²) in [5.74, 6) is 0.115. The first-order valence-corrected chi connectivity index (χ1v) is 11.9. The van der Waals surface area contributed by atoms with E-state index in [1.165, 1.54) is 11.3 Å². The van der Waals surface area contributed by atoms with Crippen molar-refractivity contribution in [3.05, 3.63) is 35.2 Å². The number of thiazole rings is 1. The SMILES string of the molecule is Cc1ccccc1-c1csc(NN=C2CC3CCC2(CS(=O)(=O)O)C3(C)C)n1. The van der Waals surface area contributed by atoms with Gasteiger partial charge in [0, 0.05) is 22.1 Å². The highest BCUT2D eigenvalue weighted by Gasteiger charge is 2.64. The van der Waals surface area contributed by atoms with Crippen molar-refractivity contribution in [1.82, 2.24) is 4.98 Å². The van der Waals surface area contributed by atoms with Gasteiger partial charge >= 0.3 is 0 Å². The molecule has 1 aromatic carbocycles. The van der Waals surface area contributed by atoms with Crippen molar-refractivity contribution in [2.24, 2.45) is 21.8 Å². The lowest BCUT2D eigenvalue weighted by atomic mass is 9.70. The summed E-state index contributed by atoms with van der Waals surface area (Å²) >= 11 is 1.47. The third-order valence-electron chi connectivity index (χ3n) is 6.81. The first-order valence-electron chi connectivity index (χ1n) is 9.42. The minimum atomic E-state index is -4.10. The van der Waals surface area contributed by atoms with Crippen molar-refractivity contribution in [1.29, 1.82) is 0 Å². The summed E-state index contributed by atoms with van der Waals surface area (Å²) in [6.07, 6.45) is 2.46. The predicted octanol–water partition coefficient (Wildman–Crippen LogP) is 4.60. The molecule has 2 aliphatic rings. The van der Waals surface area contributed by atoms with Crippen molar-refractivity contribution in [2.75, 3.05) is 11.2 Å². The predicted molar refractivity (Wildman–Crippen MR) is 113 cm³/mol. The zero-order valence-corrected chi connectivity index (χ0v) is 17.9. The fourth-order valence-electron chi connectivity index (χ4n) is 5.03. The van der Waals surface area contributed by atoms with E-state index in [0.29, 0.717) is 11.0 Å². The number of hydrogen-bond acceptors (Lipinski definition) is 6. The van der Waals surface area contributed by atoms with Gasteiger partial charge in [-0.1, -0.05) is 38.1 Å². The number of nitrogens with zero attached hydrogens (tertiary/aromatic N) is 2. The number of aryl methyl sites for hydroxylation is 1. The molecule has 0 amide bonds. The molecule has 2 saturated carbocycles. The Morgan fingerprint density at radius 3 is 2.79 bits per heavy atom. The number of hydrogen-bond donors (Lipinski definition) is 2. The van der Waals surface area contributed by atoms with Gasteiger partial charge in [-0.25, -0.2) is 4.98 Å². The van der Waals surface area contributed by atoms with E-state index in [9.17, 15) is 13.0 Å². The van der Waals surface area contributed by atoms with E-state index in [4.69, 9.17) is 0 Å². The van der Waals surface area contributed by atoms with E-state index in [1.54, 1.807) is 0 Å². The molecule has 4 rings (SSSR count). The molecule has 28 heavy (non-hydrogen) atoms. The fraction of sp³-hybridized carbons (Fsp3) is 0.500. The van der Waals surface area contributed by atoms with Crippen molar-refractivity contribution in [3.63, 3.8) is 0 Å². The van der Waals surface area contributed by atoms with E-state index in [-0.39, 0.29) is 11.2 Å². The lowest BCUT2D eigenvalue weighted by Gasteiger charge is -2.37. The fourth-order valence-corrected chi connectivity index (χ4v) is 6.98. The highest BCUT2D eigenvalue weighted by atomic mass is 32.2. The van der Waals surface area contributed by atoms with Crippen molar-refractivity contribution in [2.45, 2.75) is 40.0 Å². The summed E-state index contributed by atoms with van der Waals surface area (Å²) in [5.41, 5.74) is 6.20. The number of rotatable bonds is 5. The van der Waals surface area contributed by atoms with Crippen LogP contribution in [0, 0.1) is 23.7 Å². The minimum absolute atomic E-state index is 0.210. The van der Waals surface area contributed by atoms with E-state index in [2.05, 4.69) is 42.3 Å². The molecule has 2 bridgehead atoms. The van der Waals surface area contributed by atoms with Crippen LogP contribution in [0.5, 0.6) is 0 Å². The second-order valence-electron chi connectivity index (χ2n) is 8.49. The number of nitrogens with one attached hydrogen (secondary N) is 1. The van der Waals surface area contributed by atoms with Gasteiger partial charge in [0.05, 0.1) is 11.4 Å². The van der Waals surface area contributed by atoms with Crippen molar-refractivity contribution < 1.29 is 13.0 Å². The number of anilines is 1. The molecule has 0 spiro atoms. The Kier molecular flexibility index (Phi) is 4.63. The number of benzene rings is 1. The summed E-state index contributed by atoms with van der Waals surface area (Å²) in [6.45, 7) is 6.24. The standard InChI is InChI=1S/C20H25N3O3S2/c1-13-6-4-5-7-15(13)16-11-27-18(21-16)23-22-17-10-14-8-9-20(17,19(14,2)3)12-28(24,25)26/h4-7,11,14H,8-10,12H2,1-3H3,(H,21,23)(H,24,25,26). The van der Waals surface area contributed by atoms with Crippen LogP contribution in [0.25, 0.3) is 11.3 Å².